The van der Waals surface area contributed by atoms with Crippen LogP contribution in [0.15, 0.2) is 40.2 Å². The maximum Gasteiger partial charge on any atom is 0.338 e. The predicted octanol–water partition coefficient (Wildman–Crippen LogP) is 2.25. The minimum Gasteiger partial charge on any atom is -0.462 e. The largest absolute Gasteiger partial charge is 0.462 e. The van der Waals surface area contributed by atoms with Crippen LogP contribution in [-0.4, -0.2) is 36.3 Å². The Morgan fingerprint density at radius 2 is 1.93 bits per heavy atom. The SMILES string of the molecule is CCOC(=O)c1ccc(N2C(=O)C[C@@H](NNC(=O)c3ccc(Br)s3)C2=O)cc1. The van der Waals surface area contributed by atoms with E-state index in [0.717, 1.165) is 8.69 Å². The normalized spacial score (nSPS) is 16.4. The number of ether oxygens (including phenoxy) is 1. The molecule has 0 bridgehead atoms. The van der Waals surface area contributed by atoms with Crippen LogP contribution in [0, 0.1) is 0 Å². The summed E-state index contributed by atoms with van der Waals surface area (Å²) in [6, 6.07) is 8.51. The second-order valence-electron chi connectivity index (χ2n) is 5.79. The van der Waals surface area contributed by atoms with E-state index in [2.05, 4.69) is 26.8 Å². The summed E-state index contributed by atoms with van der Waals surface area (Å²) < 4.78 is 5.71. The Kier molecular flexibility index (Phi) is 6.22. The third kappa shape index (κ3) is 4.29. The number of anilines is 1. The van der Waals surface area contributed by atoms with Gasteiger partial charge in [-0.1, -0.05) is 0 Å². The number of thiophene rings is 1. The molecule has 2 heterocycles. The molecule has 3 rings (SSSR count). The minimum atomic E-state index is -0.871. The Morgan fingerprint density at radius 3 is 2.54 bits per heavy atom. The van der Waals surface area contributed by atoms with Crippen molar-refractivity contribution in [1.82, 2.24) is 10.9 Å². The van der Waals surface area contributed by atoms with Crippen molar-refractivity contribution in [3.05, 3.63) is 50.6 Å². The quantitative estimate of drug-likeness (QED) is 0.385. The van der Waals surface area contributed by atoms with Crippen LogP contribution in [0.25, 0.3) is 0 Å². The van der Waals surface area contributed by atoms with Gasteiger partial charge in [-0.2, -0.15) is 0 Å². The number of rotatable bonds is 6. The summed E-state index contributed by atoms with van der Waals surface area (Å²) in [6.45, 7) is 1.96. The molecule has 1 aliphatic heterocycles. The first-order valence-corrected chi connectivity index (χ1v) is 9.97. The number of carbonyl (C=O) groups excluding carboxylic acids is 4. The van der Waals surface area contributed by atoms with E-state index in [1.54, 1.807) is 19.1 Å². The van der Waals surface area contributed by atoms with E-state index in [1.807, 2.05) is 0 Å². The van der Waals surface area contributed by atoms with Crippen LogP contribution in [0.4, 0.5) is 5.69 Å². The predicted molar refractivity (Wildman–Crippen MR) is 106 cm³/mol. The van der Waals surface area contributed by atoms with Gasteiger partial charge in [0.05, 0.1) is 32.9 Å². The molecule has 2 aromatic rings. The number of halogens is 1. The van der Waals surface area contributed by atoms with Gasteiger partial charge >= 0.3 is 5.97 Å². The van der Waals surface area contributed by atoms with E-state index in [0.29, 0.717) is 16.1 Å². The molecule has 0 unspecified atom stereocenters. The van der Waals surface area contributed by atoms with E-state index in [-0.39, 0.29) is 13.0 Å². The number of benzene rings is 1. The van der Waals surface area contributed by atoms with Crippen LogP contribution < -0.4 is 15.8 Å². The van der Waals surface area contributed by atoms with E-state index in [1.165, 1.54) is 35.6 Å². The fourth-order valence-electron chi connectivity index (χ4n) is 2.63. The van der Waals surface area contributed by atoms with Gasteiger partial charge in [-0.05, 0) is 59.3 Å². The standard InChI is InChI=1S/C18H16BrN3O5S/c1-2-27-18(26)10-3-5-11(6-4-10)22-15(23)9-12(17(22)25)20-21-16(24)13-7-8-14(19)28-13/h3-8,12,20H,2,9H2,1H3,(H,21,24)/t12-/m1/s1. The molecule has 0 aliphatic carbocycles. The lowest BCUT2D eigenvalue weighted by molar-refractivity contribution is -0.121. The molecule has 1 atom stereocenters. The molecule has 1 aromatic heterocycles. The number of nitrogens with one attached hydrogen (secondary N) is 2. The Morgan fingerprint density at radius 1 is 1.21 bits per heavy atom. The number of esters is 1. The van der Waals surface area contributed by atoms with Crippen molar-refractivity contribution in [3.63, 3.8) is 0 Å². The lowest BCUT2D eigenvalue weighted by Gasteiger charge is -2.16. The van der Waals surface area contributed by atoms with Crippen molar-refractivity contribution < 1.29 is 23.9 Å². The molecule has 146 valence electrons. The van der Waals surface area contributed by atoms with Gasteiger partial charge in [-0.15, -0.1) is 11.3 Å². The number of carbonyl (C=O) groups is 4. The average Bonchev–Trinajstić information content (AvgIpc) is 3.23. The summed E-state index contributed by atoms with van der Waals surface area (Å²) in [5.41, 5.74) is 5.75. The smallest absolute Gasteiger partial charge is 0.338 e. The van der Waals surface area contributed by atoms with Crippen LogP contribution in [0.1, 0.15) is 33.4 Å². The molecule has 1 aliphatic rings. The molecular formula is C18H16BrN3O5S. The topological polar surface area (TPSA) is 105 Å². The van der Waals surface area contributed by atoms with Gasteiger partial charge in [0, 0.05) is 0 Å². The maximum atomic E-state index is 12.6. The number of hydrogen-bond acceptors (Lipinski definition) is 7. The molecule has 0 saturated carbocycles. The van der Waals surface area contributed by atoms with E-state index >= 15 is 0 Å². The summed E-state index contributed by atoms with van der Waals surface area (Å²) >= 11 is 4.52. The zero-order chi connectivity index (χ0) is 20.3. The Labute approximate surface area is 172 Å². The zero-order valence-corrected chi connectivity index (χ0v) is 17.1. The van der Waals surface area contributed by atoms with Crippen LogP contribution in [0.2, 0.25) is 0 Å². The monoisotopic (exact) mass is 465 g/mol. The highest BCUT2D eigenvalue weighted by molar-refractivity contribution is 9.11. The zero-order valence-electron chi connectivity index (χ0n) is 14.7. The Balaban J connectivity index is 1.64. The fourth-order valence-corrected chi connectivity index (χ4v) is 3.91. The molecular weight excluding hydrogens is 450 g/mol. The van der Waals surface area contributed by atoms with Crippen LogP contribution in [0.5, 0.6) is 0 Å². The summed E-state index contributed by atoms with van der Waals surface area (Å²) in [5, 5.41) is 0. The molecule has 0 radical (unpaired) electrons. The van der Waals surface area contributed by atoms with Crippen molar-refractivity contribution in [2.24, 2.45) is 0 Å². The van der Waals surface area contributed by atoms with Crippen LogP contribution in [0.3, 0.4) is 0 Å². The summed E-state index contributed by atoms with van der Waals surface area (Å²) in [5.74, 6) is -1.76. The number of nitrogens with zero attached hydrogens (tertiary/aromatic N) is 1. The van der Waals surface area contributed by atoms with Crippen LogP contribution >= 0.6 is 27.3 Å². The van der Waals surface area contributed by atoms with Crippen molar-refractivity contribution >= 4 is 56.6 Å². The highest BCUT2D eigenvalue weighted by atomic mass is 79.9. The molecule has 28 heavy (non-hydrogen) atoms. The van der Waals surface area contributed by atoms with Gasteiger partial charge in [0.1, 0.15) is 6.04 Å². The van der Waals surface area contributed by atoms with Crippen molar-refractivity contribution in [3.8, 4) is 0 Å². The summed E-state index contributed by atoms with van der Waals surface area (Å²) in [4.78, 5) is 50.1. The molecule has 10 heteroatoms. The first-order chi connectivity index (χ1) is 13.4. The first-order valence-electron chi connectivity index (χ1n) is 8.36. The second-order valence-corrected chi connectivity index (χ2v) is 8.26. The Hall–Kier alpha value is -2.56. The maximum absolute atomic E-state index is 12.6. The second kappa shape index (κ2) is 8.63. The number of imide groups is 1. The van der Waals surface area contributed by atoms with Crippen molar-refractivity contribution in [2.45, 2.75) is 19.4 Å². The first kappa shape index (κ1) is 20.2. The molecule has 1 saturated heterocycles. The van der Waals surface area contributed by atoms with Gasteiger partial charge in [-0.3, -0.25) is 19.8 Å². The molecule has 1 aromatic carbocycles. The van der Waals surface area contributed by atoms with Crippen LogP contribution in [-0.2, 0) is 14.3 Å². The number of amides is 3. The third-order valence-electron chi connectivity index (χ3n) is 3.94. The van der Waals surface area contributed by atoms with E-state index < -0.39 is 29.7 Å². The Bertz CT molecular complexity index is 928. The van der Waals surface area contributed by atoms with Gasteiger partial charge in [0.2, 0.25) is 5.91 Å². The summed E-state index contributed by atoms with van der Waals surface area (Å²) in [6.07, 6.45) is -0.0904. The van der Waals surface area contributed by atoms with Gasteiger partial charge < -0.3 is 4.74 Å². The highest BCUT2D eigenvalue weighted by Gasteiger charge is 2.39. The van der Waals surface area contributed by atoms with E-state index in [9.17, 15) is 19.2 Å². The van der Waals surface area contributed by atoms with Crippen molar-refractivity contribution in [2.75, 3.05) is 11.5 Å². The lowest BCUT2D eigenvalue weighted by atomic mass is 10.2. The molecule has 8 nitrogen and oxygen atoms in total. The van der Waals surface area contributed by atoms with Gasteiger partial charge in [0.25, 0.3) is 11.8 Å². The molecule has 2 N–H and O–H groups in total. The molecule has 0 spiro atoms. The van der Waals surface area contributed by atoms with E-state index in [4.69, 9.17) is 4.74 Å². The lowest BCUT2D eigenvalue weighted by Crippen LogP contribution is -2.48. The highest BCUT2D eigenvalue weighted by Crippen LogP contribution is 2.24. The minimum absolute atomic E-state index is 0.0904. The summed E-state index contributed by atoms with van der Waals surface area (Å²) in [7, 11) is 0. The fraction of sp³-hybridized carbons (Fsp3) is 0.222. The molecule has 1 fully saturated rings. The number of hydrogen-bond donors (Lipinski definition) is 2. The molecule has 3 amide bonds. The third-order valence-corrected chi connectivity index (χ3v) is 5.56. The van der Waals surface area contributed by atoms with Gasteiger partial charge in [-0.25, -0.2) is 15.1 Å². The average molecular weight is 466 g/mol. The van der Waals surface area contributed by atoms with Crippen molar-refractivity contribution in [1.29, 1.82) is 0 Å². The van der Waals surface area contributed by atoms with Gasteiger partial charge in [0.15, 0.2) is 0 Å². The number of hydrazine groups is 1.